The van der Waals surface area contributed by atoms with E-state index < -0.39 is 23.5 Å². The standard InChI is InChI=1S/C16H20F3NO3/c1-4-15(3,16(17,18)19)20-14(21)10(2)11-5-6-12-13(9-11)23-8-7-22-12/h5-6,9-10H,4,7-8H2,1-3H3,(H,20,21)/t10-,15+/m1/s1. The summed E-state index contributed by atoms with van der Waals surface area (Å²) in [6.07, 6.45) is -4.75. The Balaban J connectivity index is 2.16. The van der Waals surface area contributed by atoms with Gasteiger partial charge in [-0.1, -0.05) is 13.0 Å². The van der Waals surface area contributed by atoms with Crippen molar-refractivity contribution in [1.82, 2.24) is 5.32 Å². The Hall–Kier alpha value is -1.92. The summed E-state index contributed by atoms with van der Waals surface area (Å²) in [7, 11) is 0. The second-order valence-corrected chi connectivity index (χ2v) is 5.80. The van der Waals surface area contributed by atoms with Gasteiger partial charge in [0, 0.05) is 0 Å². The van der Waals surface area contributed by atoms with Crippen molar-refractivity contribution in [2.24, 2.45) is 0 Å². The number of hydrogen-bond donors (Lipinski definition) is 1. The number of carbonyl (C=O) groups is 1. The molecule has 23 heavy (non-hydrogen) atoms. The minimum Gasteiger partial charge on any atom is -0.486 e. The molecule has 0 aromatic heterocycles. The fourth-order valence-corrected chi connectivity index (χ4v) is 2.22. The van der Waals surface area contributed by atoms with Crippen LogP contribution in [0.15, 0.2) is 18.2 Å². The van der Waals surface area contributed by atoms with Gasteiger partial charge in [0.05, 0.1) is 5.92 Å². The molecule has 0 radical (unpaired) electrons. The Morgan fingerprint density at radius 2 is 1.87 bits per heavy atom. The molecule has 1 N–H and O–H groups in total. The van der Waals surface area contributed by atoms with Gasteiger partial charge < -0.3 is 14.8 Å². The van der Waals surface area contributed by atoms with Gasteiger partial charge in [-0.25, -0.2) is 0 Å². The zero-order valence-electron chi connectivity index (χ0n) is 13.3. The molecule has 0 aliphatic carbocycles. The van der Waals surface area contributed by atoms with Crippen molar-refractivity contribution >= 4 is 5.91 Å². The van der Waals surface area contributed by atoms with E-state index in [-0.39, 0.29) is 6.42 Å². The average molecular weight is 331 g/mol. The Kier molecular flexibility index (Phi) is 4.77. The first kappa shape index (κ1) is 17.4. The molecule has 0 saturated carbocycles. The first-order valence-electron chi connectivity index (χ1n) is 7.46. The van der Waals surface area contributed by atoms with E-state index in [9.17, 15) is 18.0 Å². The summed E-state index contributed by atoms with van der Waals surface area (Å²) in [6.45, 7) is 4.79. The van der Waals surface area contributed by atoms with Crippen molar-refractivity contribution in [3.63, 3.8) is 0 Å². The maximum atomic E-state index is 13.1. The first-order valence-corrected chi connectivity index (χ1v) is 7.46. The van der Waals surface area contributed by atoms with Gasteiger partial charge in [-0.3, -0.25) is 4.79 Å². The number of hydrogen-bond acceptors (Lipinski definition) is 3. The highest BCUT2D eigenvalue weighted by Crippen LogP contribution is 2.35. The highest BCUT2D eigenvalue weighted by Gasteiger charge is 2.51. The number of fused-ring (bicyclic) bond motifs is 1. The second-order valence-electron chi connectivity index (χ2n) is 5.80. The van der Waals surface area contributed by atoms with Gasteiger partial charge in [-0.05, 0) is 38.0 Å². The number of rotatable bonds is 4. The summed E-state index contributed by atoms with van der Waals surface area (Å²) < 4.78 is 50.1. The lowest BCUT2D eigenvalue weighted by atomic mass is 9.94. The third-order valence-corrected chi connectivity index (χ3v) is 4.19. The van der Waals surface area contributed by atoms with Gasteiger partial charge in [-0.2, -0.15) is 13.2 Å². The van der Waals surface area contributed by atoms with Crippen molar-refractivity contribution in [3.8, 4) is 11.5 Å². The molecule has 0 unspecified atom stereocenters. The van der Waals surface area contributed by atoms with Crippen LogP contribution in [0.1, 0.15) is 38.7 Å². The average Bonchev–Trinajstić information content (AvgIpc) is 2.52. The molecule has 1 aliphatic heterocycles. The number of nitrogens with one attached hydrogen (secondary N) is 1. The van der Waals surface area contributed by atoms with Crippen LogP contribution >= 0.6 is 0 Å². The highest BCUT2D eigenvalue weighted by molar-refractivity contribution is 5.84. The van der Waals surface area contributed by atoms with Gasteiger partial charge in [0.15, 0.2) is 11.5 Å². The van der Waals surface area contributed by atoms with E-state index in [0.29, 0.717) is 30.3 Å². The predicted octanol–water partition coefficient (Wildman–Crippen LogP) is 3.41. The Bertz CT molecular complexity index is 588. The smallest absolute Gasteiger partial charge is 0.411 e. The van der Waals surface area contributed by atoms with Crippen LogP contribution in [-0.2, 0) is 4.79 Å². The van der Waals surface area contributed by atoms with Crippen LogP contribution in [0.25, 0.3) is 0 Å². The molecule has 1 heterocycles. The van der Waals surface area contributed by atoms with Gasteiger partial charge in [0.2, 0.25) is 5.91 Å². The Morgan fingerprint density at radius 1 is 1.26 bits per heavy atom. The molecule has 128 valence electrons. The Labute approximate surface area is 133 Å². The van der Waals surface area contributed by atoms with Crippen LogP contribution in [0, 0.1) is 0 Å². The summed E-state index contributed by atoms with van der Waals surface area (Å²) in [5, 5.41) is 2.13. The molecule has 0 bridgehead atoms. The van der Waals surface area contributed by atoms with E-state index in [1.807, 2.05) is 0 Å². The fourth-order valence-electron chi connectivity index (χ4n) is 2.22. The van der Waals surface area contributed by atoms with E-state index in [1.165, 1.54) is 6.92 Å². The zero-order chi connectivity index (χ0) is 17.3. The van der Waals surface area contributed by atoms with Crippen LogP contribution in [0.3, 0.4) is 0 Å². The number of ether oxygens (including phenoxy) is 2. The number of amides is 1. The largest absolute Gasteiger partial charge is 0.486 e. The molecule has 0 saturated heterocycles. The van der Waals surface area contributed by atoms with Crippen LogP contribution < -0.4 is 14.8 Å². The first-order chi connectivity index (χ1) is 10.7. The molecule has 0 fully saturated rings. The molecule has 7 heteroatoms. The zero-order valence-corrected chi connectivity index (χ0v) is 13.3. The topological polar surface area (TPSA) is 47.6 Å². The third kappa shape index (κ3) is 3.54. The third-order valence-electron chi connectivity index (χ3n) is 4.19. The lowest BCUT2D eigenvalue weighted by Gasteiger charge is -2.33. The number of alkyl halides is 3. The normalized spacial score (nSPS) is 18.0. The fraction of sp³-hybridized carbons (Fsp3) is 0.562. The number of halogens is 3. The molecule has 1 aromatic carbocycles. The quantitative estimate of drug-likeness (QED) is 0.920. The number of carbonyl (C=O) groups excluding carboxylic acids is 1. The van der Waals surface area contributed by atoms with Gasteiger partial charge in [0.1, 0.15) is 18.8 Å². The summed E-state index contributed by atoms with van der Waals surface area (Å²) in [5.41, 5.74) is -1.67. The minimum atomic E-state index is -4.51. The molecule has 1 aliphatic rings. The van der Waals surface area contributed by atoms with Crippen LogP contribution in [0.4, 0.5) is 13.2 Å². The summed E-state index contributed by atoms with van der Waals surface area (Å²) in [5.74, 6) is -0.342. The maximum Gasteiger partial charge on any atom is 0.411 e. The molecule has 4 nitrogen and oxygen atoms in total. The molecule has 1 amide bonds. The van der Waals surface area contributed by atoms with Crippen molar-refractivity contribution in [2.75, 3.05) is 13.2 Å². The Morgan fingerprint density at radius 3 is 2.43 bits per heavy atom. The van der Waals surface area contributed by atoms with Crippen molar-refractivity contribution in [2.45, 2.75) is 44.8 Å². The molecule has 1 aromatic rings. The van der Waals surface area contributed by atoms with Crippen molar-refractivity contribution < 1.29 is 27.4 Å². The van der Waals surface area contributed by atoms with Gasteiger partial charge >= 0.3 is 6.18 Å². The monoisotopic (exact) mass is 331 g/mol. The molecule has 0 spiro atoms. The molecular weight excluding hydrogens is 311 g/mol. The molecule has 2 atom stereocenters. The van der Waals surface area contributed by atoms with Gasteiger partial charge in [0.25, 0.3) is 0 Å². The van der Waals surface area contributed by atoms with Crippen LogP contribution in [0.2, 0.25) is 0 Å². The van der Waals surface area contributed by atoms with E-state index in [4.69, 9.17) is 9.47 Å². The van der Waals surface area contributed by atoms with E-state index in [1.54, 1.807) is 25.1 Å². The molecular formula is C16H20F3NO3. The minimum absolute atomic E-state index is 0.240. The van der Waals surface area contributed by atoms with E-state index >= 15 is 0 Å². The summed E-state index contributed by atoms with van der Waals surface area (Å²) in [4.78, 5) is 12.2. The lowest BCUT2D eigenvalue weighted by molar-refractivity contribution is -0.194. The maximum absolute atomic E-state index is 13.1. The van der Waals surface area contributed by atoms with E-state index in [2.05, 4.69) is 5.32 Å². The summed E-state index contributed by atoms with van der Waals surface area (Å²) >= 11 is 0. The number of benzene rings is 1. The lowest BCUT2D eigenvalue weighted by Crippen LogP contribution is -2.56. The predicted molar refractivity (Wildman–Crippen MR) is 78.7 cm³/mol. The van der Waals surface area contributed by atoms with Gasteiger partial charge in [-0.15, -0.1) is 0 Å². The SMILES string of the molecule is CC[C@](C)(NC(=O)[C@H](C)c1ccc2c(c1)OCCO2)C(F)(F)F. The van der Waals surface area contributed by atoms with Crippen LogP contribution in [-0.4, -0.2) is 30.8 Å². The second kappa shape index (κ2) is 6.29. The van der Waals surface area contributed by atoms with Crippen LogP contribution in [0.5, 0.6) is 11.5 Å². The van der Waals surface area contributed by atoms with E-state index in [0.717, 1.165) is 6.92 Å². The molecule has 2 rings (SSSR count). The highest BCUT2D eigenvalue weighted by atomic mass is 19.4. The van der Waals surface area contributed by atoms with Crippen molar-refractivity contribution in [1.29, 1.82) is 0 Å². The van der Waals surface area contributed by atoms with Crippen molar-refractivity contribution in [3.05, 3.63) is 23.8 Å². The summed E-state index contributed by atoms with van der Waals surface area (Å²) in [6, 6.07) is 4.96.